The largest absolute Gasteiger partial charge is 0.484 e. The molecule has 31 heavy (non-hydrogen) atoms. The molecule has 0 N–H and O–H groups in total. The third kappa shape index (κ3) is 3.98. The van der Waals surface area contributed by atoms with Crippen LogP contribution < -0.4 is 9.64 Å². The van der Waals surface area contributed by atoms with Gasteiger partial charge in [-0.2, -0.15) is 0 Å². The predicted octanol–water partition coefficient (Wildman–Crippen LogP) is 5.10. The first-order chi connectivity index (χ1) is 15.3. The van der Waals surface area contributed by atoms with E-state index in [9.17, 15) is 4.79 Å². The maximum Gasteiger partial charge on any atom is 0.265 e. The van der Waals surface area contributed by atoms with Crippen molar-refractivity contribution in [3.8, 4) is 5.75 Å². The van der Waals surface area contributed by atoms with Crippen LogP contribution >= 0.6 is 0 Å². The van der Waals surface area contributed by atoms with Crippen LogP contribution in [0.25, 0.3) is 16.4 Å². The molecule has 152 valence electrons. The van der Waals surface area contributed by atoms with Crippen LogP contribution in [0.2, 0.25) is 0 Å². The summed E-state index contributed by atoms with van der Waals surface area (Å²) in [7, 11) is 0. The molecule has 0 unspecified atom stereocenters. The lowest BCUT2D eigenvalue weighted by atomic mass is 10.1. The van der Waals surface area contributed by atoms with E-state index in [1.54, 1.807) is 4.90 Å². The number of imidazole rings is 1. The molecule has 2 aromatic heterocycles. The second-order valence-electron chi connectivity index (χ2n) is 7.29. The van der Waals surface area contributed by atoms with Crippen molar-refractivity contribution in [2.45, 2.75) is 6.54 Å². The van der Waals surface area contributed by atoms with Gasteiger partial charge in [0.15, 0.2) is 6.61 Å². The topological polar surface area (TPSA) is 46.8 Å². The standard InChI is InChI=1S/C26H21N3O2/c30-26(19-31-24-14-13-20-8-4-5-9-21(20)16-24)29(22-10-2-1-3-11-22)18-23-17-27-25-12-6-7-15-28(23)25/h1-17H,18-19H2. The van der Waals surface area contributed by atoms with Crippen LogP contribution in [0.5, 0.6) is 5.75 Å². The van der Waals surface area contributed by atoms with Gasteiger partial charge in [0, 0.05) is 11.9 Å². The second-order valence-corrected chi connectivity index (χ2v) is 7.29. The average Bonchev–Trinajstić information content (AvgIpc) is 3.24. The summed E-state index contributed by atoms with van der Waals surface area (Å²) in [6.07, 6.45) is 3.76. The summed E-state index contributed by atoms with van der Waals surface area (Å²) >= 11 is 0. The number of pyridine rings is 1. The van der Waals surface area contributed by atoms with Gasteiger partial charge in [-0.05, 0) is 47.2 Å². The minimum atomic E-state index is -0.120. The molecule has 5 rings (SSSR count). The van der Waals surface area contributed by atoms with Crippen molar-refractivity contribution in [2.75, 3.05) is 11.5 Å². The van der Waals surface area contributed by atoms with Gasteiger partial charge < -0.3 is 14.0 Å². The van der Waals surface area contributed by atoms with Crippen molar-refractivity contribution in [3.05, 3.63) is 109 Å². The van der Waals surface area contributed by atoms with Crippen LogP contribution in [0.1, 0.15) is 5.69 Å². The summed E-state index contributed by atoms with van der Waals surface area (Å²) in [5, 5.41) is 2.22. The molecule has 0 aliphatic carbocycles. The van der Waals surface area contributed by atoms with E-state index in [-0.39, 0.29) is 12.5 Å². The van der Waals surface area contributed by atoms with Crippen LogP contribution in [-0.4, -0.2) is 21.9 Å². The highest BCUT2D eigenvalue weighted by atomic mass is 16.5. The summed E-state index contributed by atoms with van der Waals surface area (Å²) in [6, 6.07) is 29.4. The number of fused-ring (bicyclic) bond motifs is 2. The number of hydrogen-bond donors (Lipinski definition) is 0. The van der Waals surface area contributed by atoms with E-state index in [0.29, 0.717) is 12.3 Å². The minimum absolute atomic E-state index is 0.0516. The summed E-state index contributed by atoms with van der Waals surface area (Å²) in [4.78, 5) is 19.4. The Bertz CT molecular complexity index is 1340. The average molecular weight is 407 g/mol. The Morgan fingerprint density at radius 3 is 2.52 bits per heavy atom. The molecule has 0 aliphatic rings. The number of hydrogen-bond acceptors (Lipinski definition) is 3. The maximum absolute atomic E-state index is 13.2. The van der Waals surface area contributed by atoms with Crippen molar-refractivity contribution in [3.63, 3.8) is 0 Å². The monoisotopic (exact) mass is 407 g/mol. The lowest BCUT2D eigenvalue weighted by Crippen LogP contribution is -2.34. The molecule has 2 heterocycles. The van der Waals surface area contributed by atoms with Crippen molar-refractivity contribution in [1.82, 2.24) is 9.38 Å². The second kappa shape index (κ2) is 8.32. The van der Waals surface area contributed by atoms with Gasteiger partial charge in [0.2, 0.25) is 0 Å². The highest BCUT2D eigenvalue weighted by Crippen LogP contribution is 2.22. The van der Waals surface area contributed by atoms with E-state index < -0.39 is 0 Å². The number of nitrogens with zero attached hydrogens (tertiary/aromatic N) is 3. The van der Waals surface area contributed by atoms with E-state index in [1.807, 2.05) is 102 Å². The van der Waals surface area contributed by atoms with Gasteiger partial charge in [-0.3, -0.25) is 4.79 Å². The Kier molecular flexibility index (Phi) is 5.07. The maximum atomic E-state index is 13.2. The fourth-order valence-electron chi connectivity index (χ4n) is 3.68. The van der Waals surface area contributed by atoms with E-state index in [4.69, 9.17) is 4.74 Å². The first-order valence-electron chi connectivity index (χ1n) is 10.2. The molecule has 1 amide bonds. The number of benzene rings is 3. The molecule has 0 aliphatic heterocycles. The fraction of sp³-hybridized carbons (Fsp3) is 0.0769. The molecular formula is C26H21N3O2. The number of anilines is 1. The van der Waals surface area contributed by atoms with Gasteiger partial charge in [-0.1, -0.05) is 54.6 Å². The molecule has 0 saturated carbocycles. The molecule has 0 spiro atoms. The van der Waals surface area contributed by atoms with Crippen molar-refractivity contribution >= 4 is 28.0 Å². The first kappa shape index (κ1) is 18.9. The number of carbonyl (C=O) groups excluding carboxylic acids is 1. The van der Waals surface area contributed by atoms with Gasteiger partial charge in [-0.25, -0.2) is 4.98 Å². The van der Waals surface area contributed by atoms with Crippen LogP contribution in [-0.2, 0) is 11.3 Å². The SMILES string of the molecule is O=C(COc1ccc2ccccc2c1)N(Cc1cnc2ccccn12)c1ccccc1. The molecule has 0 fully saturated rings. The van der Waals surface area contributed by atoms with E-state index in [0.717, 1.165) is 27.8 Å². The molecule has 5 nitrogen and oxygen atoms in total. The molecule has 5 heteroatoms. The molecule has 5 aromatic rings. The molecule has 0 atom stereocenters. The lowest BCUT2D eigenvalue weighted by Gasteiger charge is -2.23. The number of para-hydroxylation sites is 1. The lowest BCUT2D eigenvalue weighted by molar-refractivity contribution is -0.120. The summed E-state index contributed by atoms with van der Waals surface area (Å²) in [5.74, 6) is 0.556. The Labute approximate surface area is 180 Å². The Hall–Kier alpha value is -4.12. The van der Waals surface area contributed by atoms with E-state index in [2.05, 4.69) is 11.1 Å². The Morgan fingerprint density at radius 2 is 1.65 bits per heavy atom. The predicted molar refractivity (Wildman–Crippen MR) is 122 cm³/mol. The van der Waals surface area contributed by atoms with Crippen LogP contribution in [0.4, 0.5) is 5.69 Å². The van der Waals surface area contributed by atoms with Gasteiger partial charge in [0.1, 0.15) is 11.4 Å². The van der Waals surface area contributed by atoms with Gasteiger partial charge >= 0.3 is 0 Å². The molecule has 3 aromatic carbocycles. The smallest absolute Gasteiger partial charge is 0.265 e. The minimum Gasteiger partial charge on any atom is -0.484 e. The highest BCUT2D eigenvalue weighted by Gasteiger charge is 2.19. The number of aromatic nitrogens is 2. The highest BCUT2D eigenvalue weighted by molar-refractivity contribution is 5.94. The van der Waals surface area contributed by atoms with Crippen molar-refractivity contribution in [1.29, 1.82) is 0 Å². The fourth-order valence-corrected chi connectivity index (χ4v) is 3.68. The van der Waals surface area contributed by atoms with Crippen molar-refractivity contribution < 1.29 is 9.53 Å². The number of rotatable bonds is 6. The Balaban J connectivity index is 1.38. The molecule has 0 radical (unpaired) electrons. The molecular weight excluding hydrogens is 386 g/mol. The quantitative estimate of drug-likeness (QED) is 0.393. The number of carbonyl (C=O) groups is 1. The zero-order valence-electron chi connectivity index (χ0n) is 16.9. The van der Waals surface area contributed by atoms with Crippen molar-refractivity contribution in [2.24, 2.45) is 0 Å². The normalized spacial score (nSPS) is 11.0. The van der Waals surface area contributed by atoms with Gasteiger partial charge in [0.25, 0.3) is 5.91 Å². The van der Waals surface area contributed by atoms with E-state index >= 15 is 0 Å². The molecule has 0 bridgehead atoms. The summed E-state index contributed by atoms with van der Waals surface area (Å²) in [5.41, 5.74) is 2.60. The Morgan fingerprint density at radius 1 is 0.871 bits per heavy atom. The zero-order valence-corrected chi connectivity index (χ0v) is 16.9. The third-order valence-corrected chi connectivity index (χ3v) is 5.27. The zero-order chi connectivity index (χ0) is 21.0. The van der Waals surface area contributed by atoms with Gasteiger partial charge in [0.05, 0.1) is 18.4 Å². The first-order valence-corrected chi connectivity index (χ1v) is 10.2. The number of amides is 1. The number of ether oxygens (including phenoxy) is 1. The van der Waals surface area contributed by atoms with Crippen LogP contribution in [0.15, 0.2) is 103 Å². The third-order valence-electron chi connectivity index (χ3n) is 5.27. The molecule has 0 saturated heterocycles. The summed E-state index contributed by atoms with van der Waals surface area (Å²) in [6.45, 7) is 0.346. The van der Waals surface area contributed by atoms with E-state index in [1.165, 1.54) is 0 Å². The van der Waals surface area contributed by atoms with Crippen LogP contribution in [0, 0.1) is 0 Å². The summed E-state index contributed by atoms with van der Waals surface area (Å²) < 4.78 is 7.86. The van der Waals surface area contributed by atoms with Gasteiger partial charge in [-0.15, -0.1) is 0 Å². The van der Waals surface area contributed by atoms with Crippen LogP contribution in [0.3, 0.4) is 0 Å².